The maximum Gasteiger partial charge on any atom is 0.239 e. The molecule has 0 aliphatic carbocycles. The molecule has 1 aliphatic heterocycles. The zero-order valence-electron chi connectivity index (χ0n) is 7.66. The van der Waals surface area contributed by atoms with Crippen LogP contribution in [0, 0.1) is 0 Å². The highest BCUT2D eigenvalue weighted by Gasteiger charge is 2.32. The smallest absolute Gasteiger partial charge is 0.239 e. The van der Waals surface area contributed by atoms with Crippen LogP contribution in [0.15, 0.2) is 0 Å². The average molecular weight is 172 g/mol. The minimum Gasteiger partial charge on any atom is -0.361 e. The highest BCUT2D eigenvalue weighted by Crippen LogP contribution is 2.11. The maximum atomic E-state index is 11.2. The third-order valence-corrected chi connectivity index (χ3v) is 2.13. The van der Waals surface area contributed by atoms with Gasteiger partial charge < -0.3 is 10.0 Å². The van der Waals surface area contributed by atoms with Crippen molar-refractivity contribution in [2.45, 2.75) is 26.1 Å². The zero-order chi connectivity index (χ0) is 9.14. The number of amides is 1. The van der Waals surface area contributed by atoms with Crippen LogP contribution in [-0.2, 0) is 4.79 Å². The molecular formula is C8H16N2O2. The molecule has 12 heavy (non-hydrogen) atoms. The predicted octanol–water partition coefficient (Wildman–Crippen LogP) is -0.164. The van der Waals surface area contributed by atoms with E-state index in [0.717, 1.165) is 12.8 Å². The Bertz CT molecular complexity index is 172. The molecule has 0 aromatic rings. The first-order valence-electron chi connectivity index (χ1n) is 4.34. The molecule has 4 nitrogen and oxygen atoms in total. The van der Waals surface area contributed by atoms with Gasteiger partial charge in [-0.05, 0) is 13.5 Å². The number of carbonyl (C=O) groups is 1. The normalized spacial score (nSPS) is 25.4. The van der Waals surface area contributed by atoms with Gasteiger partial charge >= 0.3 is 0 Å². The van der Waals surface area contributed by atoms with Crippen molar-refractivity contribution in [2.24, 2.45) is 0 Å². The fraction of sp³-hybridized carbons (Fsp3) is 0.875. The number of unbranched alkanes of at least 4 members (excludes halogenated alkanes) is 1. The first kappa shape index (κ1) is 9.48. The number of carbonyl (C=O) groups excluding carboxylic acids is 1. The molecule has 0 aromatic carbocycles. The minimum absolute atomic E-state index is 0.0263. The fourth-order valence-electron chi connectivity index (χ4n) is 1.32. The molecule has 0 bridgehead atoms. The van der Waals surface area contributed by atoms with Crippen molar-refractivity contribution in [3.63, 3.8) is 0 Å². The minimum atomic E-state index is -0.705. The Morgan fingerprint density at radius 2 is 2.33 bits per heavy atom. The van der Waals surface area contributed by atoms with Crippen LogP contribution in [0.4, 0.5) is 0 Å². The number of aliphatic hydroxyl groups excluding tert-OH is 1. The summed E-state index contributed by atoms with van der Waals surface area (Å²) in [5.74, 6) is 0.0263. The van der Waals surface area contributed by atoms with Crippen LogP contribution in [0.25, 0.3) is 0 Å². The lowest BCUT2D eigenvalue weighted by Crippen LogP contribution is -2.38. The average Bonchev–Trinajstić information content (AvgIpc) is 2.25. The molecule has 1 unspecified atom stereocenters. The Morgan fingerprint density at radius 1 is 1.67 bits per heavy atom. The van der Waals surface area contributed by atoms with Gasteiger partial charge in [-0.25, -0.2) is 0 Å². The summed E-state index contributed by atoms with van der Waals surface area (Å²) >= 11 is 0. The van der Waals surface area contributed by atoms with Gasteiger partial charge in [0.2, 0.25) is 5.91 Å². The molecular weight excluding hydrogens is 156 g/mol. The Balaban J connectivity index is 2.46. The Kier molecular flexibility index (Phi) is 3.05. The summed E-state index contributed by atoms with van der Waals surface area (Å²) < 4.78 is 0. The first-order chi connectivity index (χ1) is 5.66. The molecule has 1 heterocycles. The van der Waals surface area contributed by atoms with Gasteiger partial charge in [0.15, 0.2) is 6.35 Å². The maximum absolute atomic E-state index is 11.2. The number of aliphatic hydroxyl groups is 1. The van der Waals surface area contributed by atoms with E-state index in [1.807, 2.05) is 0 Å². The highest BCUT2D eigenvalue weighted by atomic mass is 16.3. The largest absolute Gasteiger partial charge is 0.361 e. The van der Waals surface area contributed by atoms with E-state index in [-0.39, 0.29) is 5.91 Å². The monoisotopic (exact) mass is 172 g/mol. The van der Waals surface area contributed by atoms with Gasteiger partial charge in [-0.2, -0.15) is 0 Å². The van der Waals surface area contributed by atoms with E-state index >= 15 is 0 Å². The van der Waals surface area contributed by atoms with Crippen molar-refractivity contribution in [1.29, 1.82) is 0 Å². The molecule has 1 amide bonds. The molecule has 1 rings (SSSR count). The van der Waals surface area contributed by atoms with E-state index in [1.165, 1.54) is 4.90 Å². The van der Waals surface area contributed by atoms with Crippen molar-refractivity contribution in [1.82, 2.24) is 9.80 Å². The highest BCUT2D eigenvalue weighted by molar-refractivity contribution is 5.80. The van der Waals surface area contributed by atoms with E-state index < -0.39 is 6.35 Å². The Hall–Kier alpha value is -0.610. The van der Waals surface area contributed by atoms with Crippen LogP contribution in [0.3, 0.4) is 0 Å². The van der Waals surface area contributed by atoms with E-state index in [2.05, 4.69) is 6.92 Å². The summed E-state index contributed by atoms with van der Waals surface area (Å²) in [6.07, 6.45) is 1.29. The molecule has 1 aliphatic rings. The second kappa shape index (κ2) is 3.87. The molecule has 0 aromatic heterocycles. The predicted molar refractivity (Wildman–Crippen MR) is 45.3 cm³/mol. The van der Waals surface area contributed by atoms with Crippen molar-refractivity contribution in [3.8, 4) is 0 Å². The van der Waals surface area contributed by atoms with Crippen molar-refractivity contribution in [3.05, 3.63) is 0 Å². The summed E-state index contributed by atoms with van der Waals surface area (Å²) in [6.45, 7) is 3.07. The number of hydrogen-bond acceptors (Lipinski definition) is 3. The van der Waals surface area contributed by atoms with Gasteiger partial charge in [0.1, 0.15) is 0 Å². The molecule has 70 valence electrons. The lowest BCUT2D eigenvalue weighted by Gasteiger charge is -2.22. The third-order valence-electron chi connectivity index (χ3n) is 2.13. The van der Waals surface area contributed by atoms with Crippen LogP contribution in [0.5, 0.6) is 0 Å². The molecule has 1 atom stereocenters. The first-order valence-corrected chi connectivity index (χ1v) is 4.34. The second-order valence-corrected chi connectivity index (χ2v) is 3.20. The van der Waals surface area contributed by atoms with Gasteiger partial charge in [-0.1, -0.05) is 13.3 Å². The van der Waals surface area contributed by atoms with E-state index in [4.69, 9.17) is 0 Å². The molecule has 1 saturated heterocycles. The second-order valence-electron chi connectivity index (χ2n) is 3.20. The van der Waals surface area contributed by atoms with Crippen LogP contribution in [-0.4, -0.2) is 47.3 Å². The number of likely N-dealkylation sites (N-methyl/N-ethyl adjacent to an activating group) is 1. The van der Waals surface area contributed by atoms with Crippen molar-refractivity contribution in [2.75, 3.05) is 20.1 Å². The molecule has 1 fully saturated rings. The number of rotatable bonds is 3. The van der Waals surface area contributed by atoms with Gasteiger partial charge in [0.25, 0.3) is 0 Å². The van der Waals surface area contributed by atoms with Crippen LogP contribution < -0.4 is 0 Å². The lowest BCUT2D eigenvalue weighted by molar-refractivity contribution is -0.134. The van der Waals surface area contributed by atoms with E-state index in [9.17, 15) is 9.90 Å². The summed E-state index contributed by atoms with van der Waals surface area (Å²) in [5.41, 5.74) is 0. The summed E-state index contributed by atoms with van der Waals surface area (Å²) in [5, 5.41) is 9.49. The summed E-state index contributed by atoms with van der Waals surface area (Å²) in [6, 6.07) is 0. The molecule has 1 N–H and O–H groups in total. The van der Waals surface area contributed by atoms with E-state index in [0.29, 0.717) is 13.1 Å². The van der Waals surface area contributed by atoms with Gasteiger partial charge in [-0.3, -0.25) is 9.69 Å². The van der Waals surface area contributed by atoms with E-state index in [1.54, 1.807) is 11.9 Å². The van der Waals surface area contributed by atoms with Gasteiger partial charge in [0.05, 0.1) is 6.54 Å². The molecule has 4 heteroatoms. The topological polar surface area (TPSA) is 43.8 Å². The van der Waals surface area contributed by atoms with Crippen molar-refractivity contribution < 1.29 is 9.90 Å². The molecule has 0 saturated carbocycles. The Morgan fingerprint density at radius 3 is 2.75 bits per heavy atom. The summed E-state index contributed by atoms with van der Waals surface area (Å²) in [7, 11) is 1.74. The fourth-order valence-corrected chi connectivity index (χ4v) is 1.32. The van der Waals surface area contributed by atoms with Gasteiger partial charge in [0, 0.05) is 6.54 Å². The zero-order valence-corrected chi connectivity index (χ0v) is 7.66. The molecule has 0 spiro atoms. The molecule has 0 radical (unpaired) electrons. The Labute approximate surface area is 72.8 Å². The quantitative estimate of drug-likeness (QED) is 0.643. The number of nitrogens with zero attached hydrogens (tertiary/aromatic N) is 2. The lowest BCUT2D eigenvalue weighted by atomic mass is 10.3. The van der Waals surface area contributed by atoms with Crippen LogP contribution >= 0.6 is 0 Å². The summed E-state index contributed by atoms with van der Waals surface area (Å²) in [4.78, 5) is 14.4. The number of hydrogen-bond donors (Lipinski definition) is 1. The third kappa shape index (κ3) is 1.76. The van der Waals surface area contributed by atoms with Crippen LogP contribution in [0.1, 0.15) is 19.8 Å². The van der Waals surface area contributed by atoms with Crippen molar-refractivity contribution >= 4 is 5.91 Å². The van der Waals surface area contributed by atoms with Crippen LogP contribution in [0.2, 0.25) is 0 Å². The standard InChI is InChI=1S/C8H16N2O2/c1-3-4-5-10-7(11)6-9(2)8(10)12/h8,12H,3-6H2,1-2H3. The SMILES string of the molecule is CCCCN1C(=O)CN(C)C1O. The van der Waals surface area contributed by atoms with Gasteiger partial charge in [-0.15, -0.1) is 0 Å².